The van der Waals surface area contributed by atoms with Crippen LogP contribution in [0.3, 0.4) is 0 Å². The van der Waals surface area contributed by atoms with Crippen LogP contribution in [-0.4, -0.2) is 30.7 Å². The van der Waals surface area contributed by atoms with Gasteiger partial charge in [-0.05, 0) is 31.5 Å². The number of hydrogen-bond donors (Lipinski definition) is 2. The molecule has 2 atom stereocenters. The van der Waals surface area contributed by atoms with Gasteiger partial charge in [0, 0.05) is 28.9 Å². The van der Waals surface area contributed by atoms with Gasteiger partial charge < -0.3 is 5.73 Å². The summed E-state index contributed by atoms with van der Waals surface area (Å²) in [4.78, 5) is 0.0561. The molecule has 5 nitrogen and oxygen atoms in total. The molecule has 0 aliphatic rings. The summed E-state index contributed by atoms with van der Waals surface area (Å²) in [5.74, 6) is 0.251. The smallest absolute Gasteiger partial charge is 0.240 e. The summed E-state index contributed by atoms with van der Waals surface area (Å²) in [7, 11) is -4.76. The monoisotopic (exact) mass is 324 g/mol. The van der Waals surface area contributed by atoms with Gasteiger partial charge in [-0.2, -0.15) is 0 Å². The van der Waals surface area contributed by atoms with E-state index < -0.39 is 26.9 Å². The summed E-state index contributed by atoms with van der Waals surface area (Å²) in [6.07, 6.45) is 1.52. The summed E-state index contributed by atoms with van der Waals surface area (Å²) in [6, 6.07) is 2.34. The molecular weight excluding hydrogens is 308 g/mol. The van der Waals surface area contributed by atoms with Crippen molar-refractivity contribution in [3.63, 3.8) is 0 Å². The first-order valence-corrected chi connectivity index (χ1v) is 9.10. The van der Waals surface area contributed by atoms with Crippen molar-refractivity contribution in [2.75, 3.05) is 17.7 Å². The number of rotatable bonds is 5. The molecule has 0 saturated carbocycles. The molecule has 8 heteroatoms. The lowest BCUT2D eigenvalue weighted by atomic mass is 10.2. The predicted octanol–water partition coefficient (Wildman–Crippen LogP) is 1.28. The van der Waals surface area contributed by atoms with Crippen molar-refractivity contribution in [3.05, 3.63) is 22.7 Å². The van der Waals surface area contributed by atoms with Crippen molar-refractivity contribution < 1.29 is 12.6 Å². The van der Waals surface area contributed by atoms with Crippen molar-refractivity contribution in [2.24, 2.45) is 0 Å². The van der Waals surface area contributed by atoms with Crippen LogP contribution in [0.1, 0.15) is 12.5 Å². The largest absolute Gasteiger partial charge is 0.397 e. The topological polar surface area (TPSA) is 89.3 Å². The molecule has 108 valence electrons. The second-order valence-corrected chi connectivity index (χ2v) is 7.98. The van der Waals surface area contributed by atoms with Gasteiger partial charge in [-0.25, -0.2) is 13.1 Å². The number of halogens is 1. The molecule has 0 aliphatic carbocycles. The van der Waals surface area contributed by atoms with Crippen LogP contribution < -0.4 is 10.5 Å². The first-order valence-electron chi connectivity index (χ1n) is 5.51. The highest BCUT2D eigenvalue weighted by Crippen LogP contribution is 2.26. The Morgan fingerprint density at radius 3 is 2.53 bits per heavy atom. The van der Waals surface area contributed by atoms with Crippen LogP contribution in [0.5, 0.6) is 0 Å². The van der Waals surface area contributed by atoms with Gasteiger partial charge in [0.25, 0.3) is 0 Å². The average Bonchev–Trinajstić information content (AvgIpc) is 2.22. The minimum atomic E-state index is -3.69. The van der Waals surface area contributed by atoms with Crippen molar-refractivity contribution in [2.45, 2.75) is 24.8 Å². The van der Waals surface area contributed by atoms with Gasteiger partial charge in [0.05, 0.1) is 15.6 Å². The molecule has 0 aromatic heterocycles. The van der Waals surface area contributed by atoms with Crippen molar-refractivity contribution in [1.29, 1.82) is 0 Å². The van der Waals surface area contributed by atoms with Gasteiger partial charge in [0.15, 0.2) is 0 Å². The van der Waals surface area contributed by atoms with E-state index in [9.17, 15) is 12.6 Å². The Labute approximate surface area is 121 Å². The standard InChI is InChI=1S/C11H17ClN2O3S2/c1-7-4-9(5-10(13)11(7)12)19(16,17)14-8(2)6-18(3)15/h4-5,8,14H,6,13H2,1-3H3. The zero-order valence-corrected chi connectivity index (χ0v) is 13.3. The van der Waals surface area contributed by atoms with Crippen molar-refractivity contribution in [3.8, 4) is 0 Å². The molecule has 0 bridgehead atoms. The van der Waals surface area contributed by atoms with E-state index in [4.69, 9.17) is 17.3 Å². The van der Waals surface area contributed by atoms with Crippen molar-refractivity contribution >= 4 is 38.1 Å². The maximum absolute atomic E-state index is 12.1. The Bertz CT molecular complexity index is 579. The van der Waals surface area contributed by atoms with Gasteiger partial charge in [-0.1, -0.05) is 11.6 Å². The Morgan fingerprint density at radius 2 is 2.05 bits per heavy atom. The molecule has 0 radical (unpaired) electrons. The van der Waals surface area contributed by atoms with Gasteiger partial charge in [-0.3, -0.25) is 4.21 Å². The maximum atomic E-state index is 12.1. The van der Waals surface area contributed by atoms with Gasteiger partial charge in [0.1, 0.15) is 0 Å². The molecule has 0 amide bonds. The van der Waals surface area contributed by atoms with Crippen LogP contribution in [0, 0.1) is 6.92 Å². The lowest BCUT2D eigenvalue weighted by Gasteiger charge is -2.14. The van der Waals surface area contributed by atoms with E-state index in [0.29, 0.717) is 10.6 Å². The molecule has 0 heterocycles. The number of nitrogens with two attached hydrogens (primary N) is 1. The molecule has 0 saturated heterocycles. The normalized spacial score (nSPS) is 15.2. The van der Waals surface area contributed by atoms with Crippen LogP contribution in [-0.2, 0) is 20.8 Å². The number of aryl methyl sites for hydroxylation is 1. The average molecular weight is 325 g/mol. The summed E-state index contributed by atoms with van der Waals surface area (Å²) in [5.41, 5.74) is 6.46. The number of benzene rings is 1. The summed E-state index contributed by atoms with van der Waals surface area (Å²) in [5, 5.41) is 0.349. The van der Waals surface area contributed by atoms with Crippen LogP contribution in [0.4, 0.5) is 5.69 Å². The quantitative estimate of drug-likeness (QED) is 0.798. The highest BCUT2D eigenvalue weighted by Gasteiger charge is 2.19. The third kappa shape index (κ3) is 4.45. The van der Waals surface area contributed by atoms with Crippen LogP contribution in [0.2, 0.25) is 5.02 Å². The molecule has 19 heavy (non-hydrogen) atoms. The van der Waals surface area contributed by atoms with E-state index in [1.165, 1.54) is 18.4 Å². The number of anilines is 1. The highest BCUT2D eigenvalue weighted by atomic mass is 35.5. The second-order valence-electron chi connectivity index (χ2n) is 4.41. The fourth-order valence-corrected chi connectivity index (χ4v) is 4.00. The molecule has 1 rings (SSSR count). The lowest BCUT2D eigenvalue weighted by molar-refractivity contribution is 0.570. The minimum Gasteiger partial charge on any atom is -0.397 e. The molecule has 2 unspecified atom stereocenters. The first kappa shape index (κ1) is 16.4. The molecule has 3 N–H and O–H groups in total. The molecular formula is C11H17ClN2O3S2. The summed E-state index contributed by atoms with van der Waals surface area (Å²) < 4.78 is 37.8. The van der Waals surface area contributed by atoms with Crippen LogP contribution >= 0.6 is 11.6 Å². The molecule has 0 fully saturated rings. The van der Waals surface area contributed by atoms with E-state index in [2.05, 4.69) is 4.72 Å². The first-order chi connectivity index (χ1) is 8.63. The summed E-state index contributed by atoms with van der Waals surface area (Å²) >= 11 is 5.89. The number of hydrogen-bond acceptors (Lipinski definition) is 4. The van der Waals surface area contributed by atoms with E-state index in [1.807, 2.05) is 0 Å². The van der Waals surface area contributed by atoms with E-state index in [1.54, 1.807) is 13.8 Å². The molecule has 0 aliphatic heterocycles. The molecule has 0 spiro atoms. The van der Waals surface area contributed by atoms with Crippen LogP contribution in [0.15, 0.2) is 17.0 Å². The SMILES string of the molecule is Cc1cc(S(=O)(=O)NC(C)CS(C)=O)cc(N)c1Cl. The second kappa shape index (κ2) is 6.21. The number of sulfonamides is 1. The Hall–Kier alpha value is -0.630. The third-order valence-electron chi connectivity index (χ3n) is 2.41. The fourth-order valence-electron chi connectivity index (χ4n) is 1.64. The zero-order chi connectivity index (χ0) is 14.8. The van der Waals surface area contributed by atoms with Gasteiger partial charge >= 0.3 is 0 Å². The van der Waals surface area contributed by atoms with E-state index in [0.717, 1.165) is 0 Å². The minimum absolute atomic E-state index is 0.0561. The van der Waals surface area contributed by atoms with E-state index in [-0.39, 0.29) is 16.3 Å². The van der Waals surface area contributed by atoms with Gasteiger partial charge in [0.2, 0.25) is 10.0 Å². The lowest BCUT2D eigenvalue weighted by Crippen LogP contribution is -2.36. The third-order valence-corrected chi connectivity index (χ3v) is 5.46. The zero-order valence-electron chi connectivity index (χ0n) is 10.9. The summed E-state index contributed by atoms with van der Waals surface area (Å²) in [6.45, 7) is 3.34. The fraction of sp³-hybridized carbons (Fsp3) is 0.455. The Balaban J connectivity index is 3.04. The highest BCUT2D eigenvalue weighted by molar-refractivity contribution is 7.89. The Kier molecular flexibility index (Phi) is 5.37. The maximum Gasteiger partial charge on any atom is 0.240 e. The molecule has 1 aromatic rings. The molecule has 1 aromatic carbocycles. The van der Waals surface area contributed by atoms with E-state index >= 15 is 0 Å². The van der Waals surface area contributed by atoms with Crippen molar-refractivity contribution in [1.82, 2.24) is 4.72 Å². The number of nitrogen functional groups attached to an aromatic ring is 1. The van der Waals surface area contributed by atoms with Gasteiger partial charge in [-0.15, -0.1) is 0 Å². The number of nitrogens with one attached hydrogen (secondary N) is 1. The van der Waals surface area contributed by atoms with Crippen LogP contribution in [0.25, 0.3) is 0 Å². The Morgan fingerprint density at radius 1 is 1.47 bits per heavy atom. The predicted molar refractivity (Wildman–Crippen MR) is 79.3 cm³/mol.